The first kappa shape index (κ1) is 23.1. The minimum Gasteiger partial charge on any atom is -0.466 e. The van der Waals surface area contributed by atoms with Crippen molar-refractivity contribution in [1.29, 1.82) is 0 Å². The molecular weight excluding hydrogens is 364 g/mol. The highest BCUT2D eigenvalue weighted by atomic mass is 16.5. The normalized spacial score (nSPS) is 11.1. The van der Waals surface area contributed by atoms with E-state index in [-0.39, 0.29) is 17.9 Å². The second-order valence-corrected chi connectivity index (χ2v) is 7.67. The number of rotatable bonds is 14. The van der Waals surface area contributed by atoms with Gasteiger partial charge in [0.2, 0.25) is 0 Å². The Morgan fingerprint density at radius 3 is 2.21 bits per heavy atom. The quantitative estimate of drug-likeness (QED) is 0.314. The van der Waals surface area contributed by atoms with Gasteiger partial charge in [-0.15, -0.1) is 0 Å². The zero-order valence-electron chi connectivity index (χ0n) is 18.1. The molecule has 2 rings (SSSR count). The SMILES string of the molecule is CCCCCCCCCCCCn1c(CC(=O)OCC)nc2ccccc2c1=O. The lowest BCUT2D eigenvalue weighted by molar-refractivity contribution is -0.142. The second kappa shape index (κ2) is 13.1. The summed E-state index contributed by atoms with van der Waals surface area (Å²) in [6.07, 6.45) is 12.5. The fourth-order valence-corrected chi connectivity index (χ4v) is 3.68. The summed E-state index contributed by atoms with van der Waals surface area (Å²) in [6, 6.07) is 7.32. The molecule has 29 heavy (non-hydrogen) atoms. The third-order valence-corrected chi connectivity index (χ3v) is 5.28. The fraction of sp³-hybridized carbons (Fsp3) is 0.625. The largest absolute Gasteiger partial charge is 0.466 e. The molecule has 0 saturated heterocycles. The van der Waals surface area contributed by atoms with Gasteiger partial charge in [0, 0.05) is 6.54 Å². The summed E-state index contributed by atoms with van der Waals surface area (Å²) in [5.74, 6) is 0.162. The van der Waals surface area contributed by atoms with Crippen LogP contribution in [0.3, 0.4) is 0 Å². The Labute approximate surface area is 174 Å². The van der Waals surface area contributed by atoms with Crippen LogP contribution in [0.4, 0.5) is 0 Å². The molecule has 5 nitrogen and oxygen atoms in total. The number of hydrogen-bond donors (Lipinski definition) is 0. The number of carbonyl (C=O) groups is 1. The molecule has 0 N–H and O–H groups in total. The van der Waals surface area contributed by atoms with Crippen molar-refractivity contribution in [3.8, 4) is 0 Å². The number of unbranched alkanes of at least 4 members (excludes halogenated alkanes) is 9. The number of hydrogen-bond acceptors (Lipinski definition) is 4. The van der Waals surface area contributed by atoms with Gasteiger partial charge in [0.25, 0.3) is 5.56 Å². The lowest BCUT2D eigenvalue weighted by Crippen LogP contribution is -2.27. The van der Waals surface area contributed by atoms with Crippen molar-refractivity contribution >= 4 is 16.9 Å². The van der Waals surface area contributed by atoms with Crippen LogP contribution in [0.1, 0.15) is 83.9 Å². The molecule has 0 aliphatic rings. The number of benzene rings is 1. The molecule has 5 heteroatoms. The Bertz CT molecular complexity index is 813. The van der Waals surface area contributed by atoms with Crippen LogP contribution in [0.2, 0.25) is 0 Å². The van der Waals surface area contributed by atoms with E-state index in [0.717, 1.165) is 12.8 Å². The summed E-state index contributed by atoms with van der Waals surface area (Å²) >= 11 is 0. The van der Waals surface area contributed by atoms with E-state index >= 15 is 0 Å². The van der Waals surface area contributed by atoms with Crippen molar-refractivity contribution in [2.45, 2.75) is 91.0 Å². The molecule has 0 amide bonds. The first-order valence-electron chi connectivity index (χ1n) is 11.3. The van der Waals surface area contributed by atoms with E-state index in [0.29, 0.717) is 29.9 Å². The van der Waals surface area contributed by atoms with Crippen LogP contribution in [0, 0.1) is 0 Å². The molecule has 0 bridgehead atoms. The summed E-state index contributed by atoms with van der Waals surface area (Å²) in [4.78, 5) is 29.5. The van der Waals surface area contributed by atoms with E-state index in [4.69, 9.17) is 4.74 Å². The maximum Gasteiger partial charge on any atom is 0.313 e. The van der Waals surface area contributed by atoms with Gasteiger partial charge in [0.1, 0.15) is 12.2 Å². The Hall–Kier alpha value is -2.17. The van der Waals surface area contributed by atoms with Gasteiger partial charge in [-0.3, -0.25) is 14.2 Å². The molecule has 0 unspecified atom stereocenters. The third-order valence-electron chi connectivity index (χ3n) is 5.28. The third kappa shape index (κ3) is 7.64. The number of fused-ring (bicyclic) bond motifs is 1. The van der Waals surface area contributed by atoms with E-state index in [9.17, 15) is 9.59 Å². The van der Waals surface area contributed by atoms with Gasteiger partial charge in [0.05, 0.1) is 17.5 Å². The van der Waals surface area contributed by atoms with Crippen molar-refractivity contribution < 1.29 is 9.53 Å². The average molecular weight is 401 g/mol. The summed E-state index contributed by atoms with van der Waals surface area (Å²) in [5.41, 5.74) is 0.571. The van der Waals surface area contributed by atoms with Crippen molar-refractivity contribution in [3.63, 3.8) is 0 Å². The summed E-state index contributed by atoms with van der Waals surface area (Å²) < 4.78 is 6.73. The zero-order valence-corrected chi connectivity index (χ0v) is 18.1. The molecule has 2 aromatic rings. The smallest absolute Gasteiger partial charge is 0.313 e. The highest BCUT2D eigenvalue weighted by Gasteiger charge is 2.14. The fourth-order valence-electron chi connectivity index (χ4n) is 3.68. The first-order chi connectivity index (χ1) is 14.2. The van der Waals surface area contributed by atoms with Gasteiger partial charge in [0.15, 0.2) is 0 Å². The molecule has 0 aliphatic heterocycles. The lowest BCUT2D eigenvalue weighted by Gasteiger charge is -2.13. The molecule has 160 valence electrons. The molecule has 0 saturated carbocycles. The minimum absolute atomic E-state index is 0.0334. The van der Waals surface area contributed by atoms with Crippen molar-refractivity contribution in [3.05, 3.63) is 40.4 Å². The van der Waals surface area contributed by atoms with E-state index < -0.39 is 0 Å². The zero-order chi connectivity index (χ0) is 20.9. The van der Waals surface area contributed by atoms with Crippen LogP contribution in [-0.2, 0) is 22.5 Å². The van der Waals surface area contributed by atoms with E-state index in [2.05, 4.69) is 11.9 Å². The van der Waals surface area contributed by atoms with Crippen molar-refractivity contribution in [2.75, 3.05) is 6.61 Å². The standard InChI is InChI=1S/C24H36N2O3/c1-3-5-6-7-8-9-10-11-12-15-18-26-22(19-23(27)29-4-2)25-21-17-14-13-16-20(21)24(26)28/h13-14,16-17H,3-12,15,18-19H2,1-2H3. The summed E-state index contributed by atoms with van der Waals surface area (Å²) in [6.45, 7) is 4.95. The molecule has 0 radical (unpaired) electrons. The lowest BCUT2D eigenvalue weighted by atomic mass is 10.1. The van der Waals surface area contributed by atoms with Crippen molar-refractivity contribution in [2.24, 2.45) is 0 Å². The number of carbonyl (C=O) groups excluding carboxylic acids is 1. The number of nitrogens with zero attached hydrogens (tertiary/aromatic N) is 2. The van der Waals surface area contributed by atoms with Gasteiger partial charge >= 0.3 is 5.97 Å². The molecular formula is C24H36N2O3. The Kier molecular flexibility index (Phi) is 10.5. The molecule has 1 aromatic heterocycles. The maximum atomic E-state index is 13.0. The Balaban J connectivity index is 1.91. The van der Waals surface area contributed by atoms with Crippen molar-refractivity contribution in [1.82, 2.24) is 9.55 Å². The van der Waals surface area contributed by atoms with Crippen LogP contribution in [0.15, 0.2) is 29.1 Å². The first-order valence-corrected chi connectivity index (χ1v) is 11.3. The number of aromatic nitrogens is 2. The second-order valence-electron chi connectivity index (χ2n) is 7.67. The number of esters is 1. The monoisotopic (exact) mass is 400 g/mol. The van der Waals surface area contributed by atoms with E-state index in [1.165, 1.54) is 51.4 Å². The van der Waals surface area contributed by atoms with Gasteiger partial charge in [-0.1, -0.05) is 76.8 Å². The van der Waals surface area contributed by atoms with Crippen LogP contribution in [-0.4, -0.2) is 22.1 Å². The van der Waals surface area contributed by atoms with Crippen LogP contribution >= 0.6 is 0 Å². The molecule has 0 fully saturated rings. The highest BCUT2D eigenvalue weighted by molar-refractivity contribution is 5.78. The van der Waals surface area contributed by atoms with Gasteiger partial charge in [-0.05, 0) is 25.5 Å². The molecule has 1 heterocycles. The van der Waals surface area contributed by atoms with E-state index in [1.54, 1.807) is 17.6 Å². The van der Waals surface area contributed by atoms with Gasteiger partial charge in [-0.2, -0.15) is 0 Å². The van der Waals surface area contributed by atoms with Gasteiger partial charge in [-0.25, -0.2) is 4.98 Å². The highest BCUT2D eigenvalue weighted by Crippen LogP contribution is 2.13. The average Bonchev–Trinajstić information content (AvgIpc) is 2.71. The predicted octanol–water partition coefficient (Wildman–Crippen LogP) is 5.42. The van der Waals surface area contributed by atoms with Crippen LogP contribution < -0.4 is 5.56 Å². The number of para-hydroxylation sites is 1. The van der Waals surface area contributed by atoms with Crippen LogP contribution in [0.5, 0.6) is 0 Å². The summed E-state index contributed by atoms with van der Waals surface area (Å²) in [7, 11) is 0. The maximum absolute atomic E-state index is 13.0. The molecule has 0 atom stereocenters. The van der Waals surface area contributed by atoms with Crippen LogP contribution in [0.25, 0.3) is 10.9 Å². The Morgan fingerprint density at radius 2 is 1.55 bits per heavy atom. The molecule has 0 spiro atoms. The molecule has 1 aromatic carbocycles. The van der Waals surface area contributed by atoms with Gasteiger partial charge < -0.3 is 4.74 Å². The summed E-state index contributed by atoms with van der Waals surface area (Å²) in [5, 5.41) is 0.604. The topological polar surface area (TPSA) is 61.2 Å². The Morgan fingerprint density at radius 1 is 0.931 bits per heavy atom. The number of ether oxygens (including phenoxy) is 1. The molecule has 0 aliphatic carbocycles. The predicted molar refractivity (Wildman–Crippen MR) is 118 cm³/mol. The minimum atomic E-state index is -0.341. The van der Waals surface area contributed by atoms with E-state index in [1.807, 2.05) is 18.2 Å².